The van der Waals surface area contributed by atoms with Crippen molar-refractivity contribution in [2.75, 3.05) is 12.8 Å². The zero-order valence-electron chi connectivity index (χ0n) is 16.3. The lowest BCUT2D eigenvalue weighted by atomic mass is 10.1. The van der Waals surface area contributed by atoms with Gasteiger partial charge >= 0.3 is 0 Å². The molecule has 27 heavy (non-hydrogen) atoms. The number of ether oxygens (including phenoxy) is 1. The molecule has 0 saturated heterocycles. The third-order valence-electron chi connectivity index (χ3n) is 3.68. The number of aromatic hydroxyl groups is 1. The molecule has 1 unspecified atom stereocenters. The van der Waals surface area contributed by atoms with Crippen molar-refractivity contribution < 1.29 is 22.4 Å². The second-order valence-electron chi connectivity index (χ2n) is 7.57. The molecule has 148 valence electrons. The third kappa shape index (κ3) is 7.21. The highest BCUT2D eigenvalue weighted by atomic mass is 32.2. The van der Waals surface area contributed by atoms with Gasteiger partial charge in [-0.15, -0.1) is 0 Å². The Bertz CT molecular complexity index is 887. The fourth-order valence-electron chi connectivity index (χ4n) is 2.44. The molecule has 0 amide bonds. The summed E-state index contributed by atoms with van der Waals surface area (Å²) in [5, 5.41) is 13.6. The summed E-state index contributed by atoms with van der Waals surface area (Å²) in [7, 11) is -3.67. The largest absolute Gasteiger partial charge is 0.504 e. The van der Waals surface area contributed by atoms with Crippen LogP contribution in [0.4, 0.5) is 0 Å². The van der Waals surface area contributed by atoms with Crippen LogP contribution in [0.3, 0.4) is 0 Å². The maximum Gasteiger partial charge on any atom is 0.265 e. The van der Waals surface area contributed by atoms with Gasteiger partial charge in [-0.3, -0.25) is 4.18 Å². The van der Waals surface area contributed by atoms with Gasteiger partial charge in [-0.25, -0.2) is 0 Å². The van der Waals surface area contributed by atoms with Crippen LogP contribution in [-0.4, -0.2) is 31.9 Å². The standard InChI is InChI=1S/C20H27NO5S/c1-14-7-6-8-16(11-14)25-18-10-9-15(12-17(18)22)19(26-27(5,23)24)13-21-20(2,3)4/h6-12,19,21-22H,13H2,1-5H3. The average Bonchev–Trinajstić information content (AvgIpc) is 2.51. The molecule has 1 atom stereocenters. The fourth-order valence-corrected chi connectivity index (χ4v) is 3.05. The molecule has 0 spiro atoms. The maximum atomic E-state index is 11.6. The quantitative estimate of drug-likeness (QED) is 0.694. The molecule has 0 heterocycles. The predicted molar refractivity (Wildman–Crippen MR) is 106 cm³/mol. The lowest BCUT2D eigenvalue weighted by Gasteiger charge is -2.25. The van der Waals surface area contributed by atoms with Crippen molar-refractivity contribution in [3.05, 3.63) is 53.6 Å². The van der Waals surface area contributed by atoms with E-state index in [1.54, 1.807) is 18.2 Å². The number of phenolic OH excluding ortho intramolecular Hbond substituents is 1. The van der Waals surface area contributed by atoms with Crippen LogP contribution < -0.4 is 10.1 Å². The highest BCUT2D eigenvalue weighted by Gasteiger charge is 2.22. The summed E-state index contributed by atoms with van der Waals surface area (Å²) in [6, 6.07) is 12.2. The molecule has 0 aliphatic carbocycles. The average molecular weight is 394 g/mol. The Morgan fingerprint density at radius 1 is 1.15 bits per heavy atom. The number of benzene rings is 2. The molecule has 2 rings (SSSR count). The summed E-state index contributed by atoms with van der Waals surface area (Å²) in [5.41, 5.74) is 1.36. The van der Waals surface area contributed by atoms with Gasteiger partial charge in [-0.05, 0) is 63.1 Å². The Kier molecular flexibility index (Phi) is 6.51. The van der Waals surface area contributed by atoms with Crippen LogP contribution in [0, 0.1) is 6.92 Å². The SMILES string of the molecule is Cc1cccc(Oc2ccc(C(CNC(C)(C)C)OS(C)(=O)=O)cc2O)c1. The highest BCUT2D eigenvalue weighted by Crippen LogP contribution is 2.34. The summed E-state index contributed by atoms with van der Waals surface area (Å²) in [5.74, 6) is 0.800. The maximum absolute atomic E-state index is 11.6. The van der Waals surface area contributed by atoms with E-state index >= 15 is 0 Å². The summed E-state index contributed by atoms with van der Waals surface area (Å²) in [4.78, 5) is 0. The van der Waals surface area contributed by atoms with Gasteiger partial charge in [-0.1, -0.05) is 18.2 Å². The predicted octanol–water partition coefficient (Wildman–Crippen LogP) is 3.90. The van der Waals surface area contributed by atoms with E-state index in [1.165, 1.54) is 6.07 Å². The molecule has 0 radical (unpaired) electrons. The van der Waals surface area contributed by atoms with Crippen LogP contribution in [0.25, 0.3) is 0 Å². The summed E-state index contributed by atoms with van der Waals surface area (Å²) in [6.07, 6.45) is 0.241. The van der Waals surface area contributed by atoms with Gasteiger partial charge in [0.15, 0.2) is 11.5 Å². The van der Waals surface area contributed by atoms with Crippen molar-refractivity contribution in [1.82, 2.24) is 5.32 Å². The minimum atomic E-state index is -3.67. The van der Waals surface area contributed by atoms with Crippen LogP contribution in [-0.2, 0) is 14.3 Å². The second-order valence-corrected chi connectivity index (χ2v) is 9.17. The van der Waals surface area contributed by atoms with E-state index in [0.717, 1.165) is 11.8 Å². The van der Waals surface area contributed by atoms with E-state index in [4.69, 9.17) is 8.92 Å². The van der Waals surface area contributed by atoms with Gasteiger partial charge in [0, 0.05) is 12.1 Å². The number of aryl methyl sites for hydroxylation is 1. The Labute approximate surface area is 161 Å². The Hall–Kier alpha value is -2.09. The minimum Gasteiger partial charge on any atom is -0.504 e. The zero-order chi connectivity index (χ0) is 20.2. The molecule has 2 N–H and O–H groups in total. The fraction of sp³-hybridized carbons (Fsp3) is 0.400. The van der Waals surface area contributed by atoms with Gasteiger partial charge in [-0.2, -0.15) is 8.42 Å². The van der Waals surface area contributed by atoms with E-state index < -0.39 is 16.2 Å². The molecule has 0 aromatic heterocycles. The molecule has 0 aliphatic rings. The van der Waals surface area contributed by atoms with E-state index in [1.807, 2.05) is 45.9 Å². The Morgan fingerprint density at radius 2 is 1.85 bits per heavy atom. The monoisotopic (exact) mass is 393 g/mol. The number of phenols is 1. The molecular weight excluding hydrogens is 366 g/mol. The second kappa shape index (κ2) is 8.29. The molecule has 0 fully saturated rings. The summed E-state index contributed by atoms with van der Waals surface area (Å²) < 4.78 is 34.2. The molecule has 0 saturated carbocycles. The molecule has 6 nitrogen and oxygen atoms in total. The Balaban J connectivity index is 2.24. The van der Waals surface area contributed by atoms with E-state index in [9.17, 15) is 13.5 Å². The van der Waals surface area contributed by atoms with Crippen LogP contribution in [0.5, 0.6) is 17.2 Å². The van der Waals surface area contributed by atoms with Crippen molar-refractivity contribution >= 4 is 10.1 Å². The van der Waals surface area contributed by atoms with Gasteiger partial charge in [0.2, 0.25) is 0 Å². The number of rotatable bonds is 7. The third-order valence-corrected chi connectivity index (χ3v) is 4.26. The smallest absolute Gasteiger partial charge is 0.265 e. The first-order valence-corrected chi connectivity index (χ1v) is 10.5. The topological polar surface area (TPSA) is 84.9 Å². The first-order valence-electron chi connectivity index (χ1n) is 8.64. The summed E-state index contributed by atoms with van der Waals surface area (Å²) >= 11 is 0. The normalized spacial score (nSPS) is 13.4. The van der Waals surface area contributed by atoms with Crippen LogP contribution in [0.2, 0.25) is 0 Å². The Morgan fingerprint density at radius 3 is 2.41 bits per heavy atom. The van der Waals surface area contributed by atoms with Crippen molar-refractivity contribution in [1.29, 1.82) is 0 Å². The van der Waals surface area contributed by atoms with Crippen molar-refractivity contribution in [3.8, 4) is 17.2 Å². The van der Waals surface area contributed by atoms with Gasteiger partial charge in [0.05, 0.1) is 6.26 Å². The number of nitrogens with one attached hydrogen (secondary N) is 1. The first-order chi connectivity index (χ1) is 12.4. The van der Waals surface area contributed by atoms with Crippen LogP contribution >= 0.6 is 0 Å². The summed E-state index contributed by atoms with van der Waals surface area (Å²) in [6.45, 7) is 8.14. The van der Waals surface area contributed by atoms with Crippen LogP contribution in [0.15, 0.2) is 42.5 Å². The van der Waals surface area contributed by atoms with E-state index in [2.05, 4.69) is 5.32 Å². The molecule has 0 bridgehead atoms. The highest BCUT2D eigenvalue weighted by molar-refractivity contribution is 7.86. The van der Waals surface area contributed by atoms with E-state index in [-0.39, 0.29) is 23.6 Å². The minimum absolute atomic E-state index is 0.0909. The van der Waals surface area contributed by atoms with Crippen molar-refractivity contribution in [2.24, 2.45) is 0 Å². The lowest BCUT2D eigenvalue weighted by Crippen LogP contribution is -2.39. The van der Waals surface area contributed by atoms with Crippen molar-refractivity contribution in [2.45, 2.75) is 39.3 Å². The van der Waals surface area contributed by atoms with Crippen LogP contribution in [0.1, 0.15) is 38.0 Å². The van der Waals surface area contributed by atoms with Gasteiger partial charge in [0.25, 0.3) is 10.1 Å². The molecule has 2 aromatic carbocycles. The number of hydrogen-bond donors (Lipinski definition) is 2. The molecular formula is C20H27NO5S. The first kappa shape index (κ1) is 21.2. The van der Waals surface area contributed by atoms with E-state index in [0.29, 0.717) is 11.3 Å². The number of hydrogen-bond acceptors (Lipinski definition) is 6. The lowest BCUT2D eigenvalue weighted by molar-refractivity contribution is 0.197. The van der Waals surface area contributed by atoms with Crippen molar-refractivity contribution in [3.63, 3.8) is 0 Å². The zero-order valence-corrected chi connectivity index (χ0v) is 17.1. The molecule has 0 aliphatic heterocycles. The molecule has 7 heteroatoms. The molecule has 2 aromatic rings. The van der Waals surface area contributed by atoms with Gasteiger partial charge in [0.1, 0.15) is 11.9 Å². The van der Waals surface area contributed by atoms with Gasteiger partial charge < -0.3 is 15.2 Å².